The van der Waals surface area contributed by atoms with E-state index in [2.05, 4.69) is 47.1 Å². The number of aryl methyl sites for hydroxylation is 3. The van der Waals surface area contributed by atoms with Gasteiger partial charge < -0.3 is 9.42 Å². The van der Waals surface area contributed by atoms with Crippen molar-refractivity contribution < 1.29 is 9.32 Å². The Morgan fingerprint density at radius 2 is 1.81 bits per heavy atom. The van der Waals surface area contributed by atoms with Crippen molar-refractivity contribution in [2.24, 2.45) is 0 Å². The first-order valence-corrected chi connectivity index (χ1v) is 10.6. The second-order valence-corrected chi connectivity index (χ2v) is 8.12. The molecule has 0 aliphatic carbocycles. The van der Waals surface area contributed by atoms with Crippen LogP contribution in [0.5, 0.6) is 0 Å². The van der Waals surface area contributed by atoms with Crippen molar-refractivity contribution in [3.63, 3.8) is 0 Å². The van der Waals surface area contributed by atoms with Gasteiger partial charge in [-0.25, -0.2) is 0 Å². The predicted molar refractivity (Wildman–Crippen MR) is 121 cm³/mol. The molecule has 0 atom stereocenters. The number of carbonyl (C=O) groups excluding carboxylic acids is 1. The number of hydrogen-bond donors (Lipinski definition) is 0. The van der Waals surface area contributed by atoms with Crippen molar-refractivity contribution in [1.82, 2.24) is 19.9 Å². The van der Waals surface area contributed by atoms with Crippen molar-refractivity contribution in [3.05, 3.63) is 76.7 Å². The van der Waals surface area contributed by atoms with Crippen LogP contribution in [0.25, 0.3) is 17.5 Å². The van der Waals surface area contributed by atoms with Crippen LogP contribution in [-0.2, 0) is 11.3 Å². The lowest BCUT2D eigenvalue weighted by Gasteiger charge is -2.33. The Bertz CT molecular complexity index is 1090. The monoisotopic (exact) mass is 416 g/mol. The lowest BCUT2D eigenvalue weighted by Crippen LogP contribution is -2.47. The second-order valence-electron chi connectivity index (χ2n) is 8.12. The maximum Gasteiger partial charge on any atom is 0.246 e. The minimum atomic E-state index is 0.0549. The van der Waals surface area contributed by atoms with E-state index < -0.39 is 0 Å². The molecule has 3 aromatic rings. The van der Waals surface area contributed by atoms with Crippen LogP contribution in [0, 0.1) is 20.8 Å². The topological polar surface area (TPSA) is 62.5 Å². The van der Waals surface area contributed by atoms with Gasteiger partial charge in [-0.3, -0.25) is 9.69 Å². The zero-order chi connectivity index (χ0) is 21.8. The zero-order valence-corrected chi connectivity index (χ0v) is 18.3. The van der Waals surface area contributed by atoms with Crippen molar-refractivity contribution in [3.8, 4) is 11.4 Å². The van der Waals surface area contributed by atoms with E-state index in [4.69, 9.17) is 4.52 Å². The molecule has 2 heterocycles. The number of hydrogen-bond acceptors (Lipinski definition) is 5. The van der Waals surface area contributed by atoms with Crippen LogP contribution in [0.15, 0.2) is 53.1 Å². The number of aromatic nitrogens is 2. The largest absolute Gasteiger partial charge is 0.338 e. The summed E-state index contributed by atoms with van der Waals surface area (Å²) in [5.41, 5.74) is 5.60. The molecular formula is C25H28N4O2. The van der Waals surface area contributed by atoms with Crippen LogP contribution in [0.4, 0.5) is 0 Å². The number of rotatable bonds is 5. The van der Waals surface area contributed by atoms with E-state index in [0.717, 1.165) is 29.8 Å². The van der Waals surface area contributed by atoms with Gasteiger partial charge in [-0.15, -0.1) is 0 Å². The summed E-state index contributed by atoms with van der Waals surface area (Å²) < 4.78 is 5.46. The molecule has 1 amide bonds. The third kappa shape index (κ3) is 5.09. The van der Waals surface area contributed by atoms with Crippen LogP contribution in [-0.4, -0.2) is 52.0 Å². The van der Waals surface area contributed by atoms with Crippen LogP contribution in [0.2, 0.25) is 0 Å². The summed E-state index contributed by atoms with van der Waals surface area (Å²) in [5.74, 6) is 1.28. The van der Waals surface area contributed by atoms with E-state index in [0.29, 0.717) is 31.3 Å². The van der Waals surface area contributed by atoms with Crippen molar-refractivity contribution in [2.75, 3.05) is 26.2 Å². The van der Waals surface area contributed by atoms with E-state index >= 15 is 0 Å². The first-order chi connectivity index (χ1) is 15.0. The molecule has 4 rings (SSSR count). The first-order valence-electron chi connectivity index (χ1n) is 10.6. The molecule has 2 aromatic carbocycles. The average Bonchev–Trinajstić information content (AvgIpc) is 3.22. The highest BCUT2D eigenvalue weighted by Gasteiger charge is 2.21. The predicted octanol–water partition coefficient (Wildman–Crippen LogP) is 4.02. The quantitative estimate of drug-likeness (QED) is 0.588. The van der Waals surface area contributed by atoms with Crippen molar-refractivity contribution >= 4 is 12.0 Å². The highest BCUT2D eigenvalue weighted by atomic mass is 16.5. The molecule has 1 aromatic heterocycles. The number of amides is 1. The molecule has 1 aliphatic rings. The SMILES string of the molecule is Cc1ccc(/C=C/C(=O)N2CCN(Cc3nc(-c4ccccc4C)no3)CC2)c(C)c1. The highest BCUT2D eigenvalue weighted by Crippen LogP contribution is 2.20. The third-order valence-corrected chi connectivity index (χ3v) is 5.73. The van der Waals surface area contributed by atoms with Gasteiger partial charge in [0, 0.05) is 37.8 Å². The number of piperazine rings is 1. The van der Waals surface area contributed by atoms with Crippen LogP contribution < -0.4 is 0 Å². The summed E-state index contributed by atoms with van der Waals surface area (Å²) in [6.45, 7) is 9.72. The maximum absolute atomic E-state index is 12.6. The van der Waals surface area contributed by atoms with Crippen molar-refractivity contribution in [1.29, 1.82) is 0 Å². The normalized spacial score (nSPS) is 15.0. The van der Waals surface area contributed by atoms with E-state index in [1.54, 1.807) is 6.08 Å². The number of carbonyl (C=O) groups is 1. The summed E-state index contributed by atoms with van der Waals surface area (Å²) in [4.78, 5) is 21.3. The Labute approximate surface area is 183 Å². The summed E-state index contributed by atoms with van der Waals surface area (Å²) >= 11 is 0. The van der Waals surface area contributed by atoms with E-state index in [1.165, 1.54) is 11.1 Å². The van der Waals surface area contributed by atoms with Gasteiger partial charge in [-0.2, -0.15) is 4.98 Å². The Kier molecular flexibility index (Phi) is 6.28. The van der Waals surface area contributed by atoms with E-state index in [1.807, 2.05) is 42.2 Å². The molecule has 0 N–H and O–H groups in total. The molecule has 0 radical (unpaired) electrons. The molecule has 0 bridgehead atoms. The first kappa shape index (κ1) is 21.0. The Morgan fingerprint density at radius 1 is 1.03 bits per heavy atom. The fourth-order valence-corrected chi connectivity index (χ4v) is 3.85. The molecule has 0 saturated carbocycles. The van der Waals surface area contributed by atoms with Crippen LogP contribution in [0.1, 0.15) is 28.1 Å². The second kappa shape index (κ2) is 9.27. The van der Waals surface area contributed by atoms with Gasteiger partial charge in [0.25, 0.3) is 0 Å². The molecular weight excluding hydrogens is 388 g/mol. The fourth-order valence-electron chi connectivity index (χ4n) is 3.85. The van der Waals surface area contributed by atoms with Gasteiger partial charge >= 0.3 is 0 Å². The lowest BCUT2D eigenvalue weighted by molar-refractivity contribution is -0.127. The minimum absolute atomic E-state index is 0.0549. The van der Waals surface area contributed by atoms with Gasteiger partial charge in [0.05, 0.1) is 6.54 Å². The molecule has 1 fully saturated rings. The Morgan fingerprint density at radius 3 is 2.55 bits per heavy atom. The van der Waals surface area contributed by atoms with E-state index in [-0.39, 0.29) is 5.91 Å². The smallest absolute Gasteiger partial charge is 0.246 e. The van der Waals surface area contributed by atoms with Crippen molar-refractivity contribution in [2.45, 2.75) is 27.3 Å². The molecule has 1 saturated heterocycles. The lowest BCUT2D eigenvalue weighted by atomic mass is 10.1. The summed E-state index contributed by atoms with van der Waals surface area (Å²) in [7, 11) is 0. The van der Waals surface area contributed by atoms with Gasteiger partial charge in [0.2, 0.25) is 17.6 Å². The van der Waals surface area contributed by atoms with Gasteiger partial charge in [0.1, 0.15) is 0 Å². The highest BCUT2D eigenvalue weighted by molar-refractivity contribution is 5.92. The minimum Gasteiger partial charge on any atom is -0.338 e. The fraction of sp³-hybridized carbons (Fsp3) is 0.320. The molecule has 0 spiro atoms. The number of nitrogens with zero attached hydrogens (tertiary/aromatic N) is 4. The van der Waals surface area contributed by atoms with Crippen LogP contribution in [0.3, 0.4) is 0 Å². The summed E-state index contributed by atoms with van der Waals surface area (Å²) in [5, 5.41) is 4.14. The Balaban J connectivity index is 1.30. The average molecular weight is 417 g/mol. The molecule has 1 aliphatic heterocycles. The van der Waals surface area contributed by atoms with E-state index in [9.17, 15) is 4.79 Å². The van der Waals surface area contributed by atoms with Crippen LogP contribution >= 0.6 is 0 Å². The van der Waals surface area contributed by atoms with Gasteiger partial charge in [-0.1, -0.05) is 53.2 Å². The molecule has 6 nitrogen and oxygen atoms in total. The molecule has 31 heavy (non-hydrogen) atoms. The third-order valence-electron chi connectivity index (χ3n) is 5.73. The van der Waals surface area contributed by atoms with Gasteiger partial charge in [-0.05, 0) is 43.5 Å². The molecule has 160 valence electrons. The standard InChI is InChI=1S/C25H28N4O2/c1-18-8-9-21(20(3)16-18)10-11-24(30)29-14-12-28(13-15-29)17-23-26-25(27-31-23)22-7-5-4-6-19(22)2/h4-11,16H,12-15,17H2,1-3H3/b11-10+. The maximum atomic E-state index is 12.6. The summed E-state index contributed by atoms with van der Waals surface area (Å²) in [6.07, 6.45) is 3.59. The number of benzene rings is 2. The molecule has 0 unspecified atom stereocenters. The van der Waals surface area contributed by atoms with Gasteiger partial charge in [0.15, 0.2) is 0 Å². The Hall–Kier alpha value is -3.25. The molecule has 6 heteroatoms. The summed E-state index contributed by atoms with van der Waals surface area (Å²) in [6, 6.07) is 14.3. The zero-order valence-electron chi connectivity index (χ0n) is 18.3.